The third kappa shape index (κ3) is 2.93. The molecule has 0 aromatic rings. The first-order chi connectivity index (χ1) is 7.45. The molecule has 1 aliphatic rings. The van der Waals surface area contributed by atoms with E-state index in [0.29, 0.717) is 6.54 Å². The maximum atomic E-state index is 11.8. The topological polar surface area (TPSA) is 104 Å². The zero-order valence-corrected chi connectivity index (χ0v) is 9.30. The van der Waals surface area contributed by atoms with E-state index in [2.05, 4.69) is 0 Å². The fraction of sp³-hybridized carbons (Fsp3) is 0.800. The monoisotopic (exact) mass is 230 g/mol. The molecular weight excluding hydrogens is 212 g/mol. The highest BCUT2D eigenvalue weighted by atomic mass is 16.4. The molecule has 6 nitrogen and oxygen atoms in total. The van der Waals surface area contributed by atoms with Gasteiger partial charge in [0, 0.05) is 19.4 Å². The number of carbonyl (C=O) groups excluding carboxylic acids is 1. The van der Waals surface area contributed by atoms with Gasteiger partial charge in [0.15, 0.2) is 0 Å². The minimum absolute atomic E-state index is 0.0275. The molecule has 1 amide bonds. The van der Waals surface area contributed by atoms with Crippen LogP contribution in [0.1, 0.15) is 19.8 Å². The van der Waals surface area contributed by atoms with Gasteiger partial charge in [-0.1, -0.05) is 6.92 Å². The number of β-amino-alcohol motifs (C(OH)–C–C–N with tert-alkyl or cyclic N) is 1. The lowest BCUT2D eigenvalue weighted by atomic mass is 10.1. The number of nitrogens with two attached hydrogens (primary N) is 1. The fourth-order valence-corrected chi connectivity index (χ4v) is 1.82. The first-order valence-electron chi connectivity index (χ1n) is 5.36. The first kappa shape index (κ1) is 12.9. The summed E-state index contributed by atoms with van der Waals surface area (Å²) in [4.78, 5) is 23.9. The summed E-state index contributed by atoms with van der Waals surface area (Å²) in [6.45, 7) is 2.33. The van der Waals surface area contributed by atoms with Gasteiger partial charge in [0.2, 0.25) is 5.91 Å². The van der Waals surface area contributed by atoms with Crippen molar-refractivity contribution in [1.82, 2.24) is 4.90 Å². The number of carbonyl (C=O) groups is 2. The summed E-state index contributed by atoms with van der Waals surface area (Å²) in [6.07, 6.45) is -0.399. The molecule has 1 aliphatic heterocycles. The summed E-state index contributed by atoms with van der Waals surface area (Å²) >= 11 is 0. The van der Waals surface area contributed by atoms with E-state index >= 15 is 0 Å². The molecule has 0 radical (unpaired) electrons. The van der Waals surface area contributed by atoms with Crippen molar-refractivity contribution in [2.45, 2.75) is 31.9 Å². The highest BCUT2D eigenvalue weighted by molar-refractivity contribution is 5.84. The second-order valence-electron chi connectivity index (χ2n) is 4.33. The second kappa shape index (κ2) is 5.27. The molecule has 1 unspecified atom stereocenters. The standard InChI is InChI=1S/C10H18N2O4/c1-6(4-11)2-9(14)12-5-7(13)3-8(12)10(15)16/h6-8,13H,2-5,11H2,1H3,(H,15,16)/t6?,7-,8-/m0/s1. The van der Waals surface area contributed by atoms with Crippen molar-refractivity contribution < 1.29 is 19.8 Å². The molecule has 1 heterocycles. The molecule has 1 fully saturated rings. The Bertz CT molecular complexity index is 282. The van der Waals surface area contributed by atoms with Crippen LogP contribution in [0.3, 0.4) is 0 Å². The van der Waals surface area contributed by atoms with Crippen molar-refractivity contribution in [2.24, 2.45) is 11.7 Å². The Morgan fingerprint density at radius 3 is 2.69 bits per heavy atom. The predicted molar refractivity (Wildman–Crippen MR) is 56.6 cm³/mol. The van der Waals surface area contributed by atoms with E-state index in [0.717, 1.165) is 0 Å². The van der Waals surface area contributed by atoms with E-state index in [1.165, 1.54) is 4.90 Å². The van der Waals surface area contributed by atoms with Gasteiger partial charge in [-0.15, -0.1) is 0 Å². The van der Waals surface area contributed by atoms with Gasteiger partial charge < -0.3 is 20.8 Å². The van der Waals surface area contributed by atoms with Crippen LogP contribution >= 0.6 is 0 Å². The molecule has 6 heteroatoms. The predicted octanol–water partition coefficient (Wildman–Crippen LogP) is -0.982. The highest BCUT2D eigenvalue weighted by Crippen LogP contribution is 2.20. The number of aliphatic hydroxyl groups is 1. The van der Waals surface area contributed by atoms with Crippen molar-refractivity contribution in [3.8, 4) is 0 Å². The maximum Gasteiger partial charge on any atom is 0.326 e. The average Bonchev–Trinajstić information content (AvgIpc) is 2.60. The Morgan fingerprint density at radius 1 is 1.56 bits per heavy atom. The van der Waals surface area contributed by atoms with Crippen LogP contribution in [0.15, 0.2) is 0 Å². The van der Waals surface area contributed by atoms with Gasteiger partial charge >= 0.3 is 5.97 Å². The molecule has 16 heavy (non-hydrogen) atoms. The zero-order valence-electron chi connectivity index (χ0n) is 9.30. The Morgan fingerprint density at radius 2 is 2.19 bits per heavy atom. The third-order valence-electron chi connectivity index (χ3n) is 2.81. The third-order valence-corrected chi connectivity index (χ3v) is 2.81. The molecular formula is C10H18N2O4. The number of rotatable bonds is 4. The normalized spacial score (nSPS) is 26.8. The lowest BCUT2D eigenvalue weighted by Gasteiger charge is -2.22. The molecule has 92 valence electrons. The van der Waals surface area contributed by atoms with Gasteiger partial charge in [0.25, 0.3) is 0 Å². The van der Waals surface area contributed by atoms with Crippen molar-refractivity contribution in [2.75, 3.05) is 13.1 Å². The Hall–Kier alpha value is -1.14. The van der Waals surface area contributed by atoms with E-state index in [4.69, 9.17) is 10.8 Å². The number of hydrogen-bond acceptors (Lipinski definition) is 4. The lowest BCUT2D eigenvalue weighted by molar-refractivity contribution is -0.148. The quantitative estimate of drug-likeness (QED) is 0.575. The van der Waals surface area contributed by atoms with Crippen molar-refractivity contribution in [3.63, 3.8) is 0 Å². The Balaban J connectivity index is 2.63. The number of hydrogen-bond donors (Lipinski definition) is 3. The van der Waals surface area contributed by atoms with Crippen LogP contribution in [0.25, 0.3) is 0 Å². The van der Waals surface area contributed by atoms with E-state index < -0.39 is 18.1 Å². The highest BCUT2D eigenvalue weighted by Gasteiger charge is 2.38. The minimum atomic E-state index is -1.06. The number of carboxylic acids is 1. The van der Waals surface area contributed by atoms with Gasteiger partial charge in [-0.25, -0.2) is 4.79 Å². The van der Waals surface area contributed by atoms with Crippen LogP contribution in [-0.4, -0.2) is 52.2 Å². The van der Waals surface area contributed by atoms with Gasteiger partial charge in [0.1, 0.15) is 6.04 Å². The molecule has 0 spiro atoms. The summed E-state index contributed by atoms with van der Waals surface area (Å²) in [6, 6.07) is -0.896. The molecule has 0 bridgehead atoms. The molecule has 1 saturated heterocycles. The number of aliphatic hydroxyl groups excluding tert-OH is 1. The fourth-order valence-electron chi connectivity index (χ4n) is 1.82. The molecule has 3 atom stereocenters. The van der Waals surface area contributed by atoms with Crippen LogP contribution in [0.2, 0.25) is 0 Å². The molecule has 0 saturated carbocycles. The van der Waals surface area contributed by atoms with Crippen molar-refractivity contribution >= 4 is 11.9 Å². The van der Waals surface area contributed by atoms with Crippen LogP contribution in [0.5, 0.6) is 0 Å². The Labute approximate surface area is 94.0 Å². The maximum absolute atomic E-state index is 11.8. The lowest BCUT2D eigenvalue weighted by Crippen LogP contribution is -2.41. The van der Waals surface area contributed by atoms with Crippen LogP contribution < -0.4 is 5.73 Å². The number of likely N-dealkylation sites (tertiary alicyclic amines) is 1. The second-order valence-corrected chi connectivity index (χ2v) is 4.33. The van der Waals surface area contributed by atoms with Crippen molar-refractivity contribution in [3.05, 3.63) is 0 Å². The van der Waals surface area contributed by atoms with Gasteiger partial charge in [0.05, 0.1) is 6.10 Å². The average molecular weight is 230 g/mol. The molecule has 0 aromatic heterocycles. The molecule has 0 aliphatic carbocycles. The van der Waals surface area contributed by atoms with Crippen molar-refractivity contribution in [1.29, 1.82) is 0 Å². The number of amides is 1. The van der Waals surface area contributed by atoms with Crippen LogP contribution in [0.4, 0.5) is 0 Å². The summed E-state index contributed by atoms with van der Waals surface area (Å²) in [5.74, 6) is -1.29. The first-order valence-corrected chi connectivity index (χ1v) is 5.36. The minimum Gasteiger partial charge on any atom is -0.480 e. The van der Waals surface area contributed by atoms with Crippen LogP contribution in [0, 0.1) is 5.92 Å². The SMILES string of the molecule is CC(CN)CC(=O)N1C[C@@H](O)C[C@H]1C(=O)O. The van der Waals surface area contributed by atoms with E-state index in [1.807, 2.05) is 6.92 Å². The van der Waals surface area contributed by atoms with E-state index in [1.54, 1.807) is 0 Å². The summed E-state index contributed by atoms with van der Waals surface area (Å²) in [7, 11) is 0. The molecule has 1 rings (SSSR count). The summed E-state index contributed by atoms with van der Waals surface area (Å²) < 4.78 is 0. The number of nitrogens with zero attached hydrogens (tertiary/aromatic N) is 1. The molecule has 0 aromatic carbocycles. The smallest absolute Gasteiger partial charge is 0.326 e. The molecule has 4 N–H and O–H groups in total. The number of carboxylic acid groups (broad SMARTS) is 1. The van der Waals surface area contributed by atoms with E-state index in [9.17, 15) is 14.7 Å². The van der Waals surface area contributed by atoms with Gasteiger partial charge in [-0.3, -0.25) is 4.79 Å². The Kier molecular flexibility index (Phi) is 4.26. The zero-order chi connectivity index (χ0) is 12.3. The summed E-state index contributed by atoms with van der Waals surface area (Å²) in [5.41, 5.74) is 5.40. The van der Waals surface area contributed by atoms with E-state index in [-0.39, 0.29) is 31.2 Å². The summed E-state index contributed by atoms with van der Waals surface area (Å²) in [5, 5.41) is 18.3. The van der Waals surface area contributed by atoms with Gasteiger partial charge in [-0.2, -0.15) is 0 Å². The number of aliphatic carboxylic acids is 1. The van der Waals surface area contributed by atoms with Gasteiger partial charge in [-0.05, 0) is 12.5 Å². The largest absolute Gasteiger partial charge is 0.480 e. The van der Waals surface area contributed by atoms with Crippen LogP contribution in [-0.2, 0) is 9.59 Å².